The molecule has 0 saturated carbocycles. The Morgan fingerprint density at radius 3 is 2.75 bits per heavy atom. The van der Waals surface area contributed by atoms with Crippen molar-refractivity contribution < 1.29 is 24.2 Å². The van der Waals surface area contributed by atoms with Crippen molar-refractivity contribution in [2.75, 3.05) is 13.2 Å². The SMILES string of the molecule is O=C(Cl)C[C@H]1CO[C@H]2[C@@H]1OC[C@H]2O[N+](=O)[O-]. The normalized spacial score (nSPS) is 37.1. The van der Waals surface area contributed by atoms with Crippen molar-refractivity contribution in [1.29, 1.82) is 0 Å². The molecule has 90 valence electrons. The first-order valence-corrected chi connectivity index (χ1v) is 5.18. The molecule has 2 rings (SSSR count). The van der Waals surface area contributed by atoms with Gasteiger partial charge in [-0.2, -0.15) is 0 Å². The molecule has 7 nitrogen and oxygen atoms in total. The largest absolute Gasteiger partial charge is 0.373 e. The molecule has 0 N–H and O–H groups in total. The summed E-state index contributed by atoms with van der Waals surface area (Å²) in [6.07, 6.45) is -1.39. The topological polar surface area (TPSA) is 87.9 Å². The maximum Gasteiger partial charge on any atom is 0.294 e. The third kappa shape index (κ3) is 2.26. The van der Waals surface area contributed by atoms with E-state index >= 15 is 0 Å². The van der Waals surface area contributed by atoms with Gasteiger partial charge in [-0.05, 0) is 11.6 Å². The molecule has 0 radical (unpaired) electrons. The Kier molecular flexibility index (Phi) is 3.27. The number of fused-ring (bicyclic) bond motifs is 1. The average molecular weight is 252 g/mol. The molecule has 0 aromatic heterocycles. The molecule has 16 heavy (non-hydrogen) atoms. The van der Waals surface area contributed by atoms with Crippen LogP contribution in [0.5, 0.6) is 0 Å². The monoisotopic (exact) mass is 251 g/mol. The Hall–Kier alpha value is -0.920. The molecule has 2 heterocycles. The van der Waals surface area contributed by atoms with Crippen LogP contribution < -0.4 is 0 Å². The van der Waals surface area contributed by atoms with Crippen LogP contribution in [0.1, 0.15) is 6.42 Å². The quantitative estimate of drug-likeness (QED) is 0.401. The van der Waals surface area contributed by atoms with Gasteiger partial charge < -0.3 is 14.3 Å². The highest BCUT2D eigenvalue weighted by molar-refractivity contribution is 6.63. The Labute approximate surface area is 95.7 Å². The third-order valence-corrected chi connectivity index (χ3v) is 2.91. The molecule has 0 spiro atoms. The van der Waals surface area contributed by atoms with E-state index in [1.165, 1.54) is 0 Å². The van der Waals surface area contributed by atoms with Gasteiger partial charge in [0.1, 0.15) is 6.10 Å². The van der Waals surface area contributed by atoms with Gasteiger partial charge in [-0.25, -0.2) is 0 Å². The summed E-state index contributed by atoms with van der Waals surface area (Å²) < 4.78 is 10.7. The number of ether oxygens (including phenoxy) is 2. The first-order valence-electron chi connectivity index (χ1n) is 4.80. The van der Waals surface area contributed by atoms with Gasteiger partial charge in [0, 0.05) is 12.3 Å². The Bertz CT molecular complexity index is 281. The molecule has 2 aliphatic heterocycles. The van der Waals surface area contributed by atoms with Gasteiger partial charge in [-0.3, -0.25) is 4.79 Å². The van der Waals surface area contributed by atoms with Gasteiger partial charge >= 0.3 is 0 Å². The fraction of sp³-hybridized carbons (Fsp3) is 0.875. The molecule has 4 atom stereocenters. The highest BCUT2D eigenvalue weighted by Crippen LogP contribution is 2.34. The van der Waals surface area contributed by atoms with E-state index in [1.54, 1.807) is 0 Å². The fourth-order valence-electron chi connectivity index (χ4n) is 2.13. The number of carbonyl (C=O) groups excluding carboxylic acids is 1. The minimum atomic E-state index is -0.861. The smallest absolute Gasteiger partial charge is 0.294 e. The molecule has 2 saturated heterocycles. The number of rotatable bonds is 4. The van der Waals surface area contributed by atoms with Gasteiger partial charge in [-0.1, -0.05) is 0 Å². The molecule has 0 bridgehead atoms. The number of nitrogens with zero attached hydrogens (tertiary/aromatic N) is 1. The maximum absolute atomic E-state index is 10.8. The molecular weight excluding hydrogens is 242 g/mol. The van der Waals surface area contributed by atoms with E-state index < -0.39 is 22.5 Å². The predicted octanol–water partition coefficient (Wildman–Crippen LogP) is 0.133. The van der Waals surface area contributed by atoms with Crippen LogP contribution in [0.2, 0.25) is 0 Å². The van der Waals surface area contributed by atoms with Crippen LogP contribution in [-0.4, -0.2) is 41.9 Å². The average Bonchev–Trinajstić information content (AvgIpc) is 2.70. The lowest BCUT2D eigenvalue weighted by Crippen LogP contribution is -2.33. The summed E-state index contributed by atoms with van der Waals surface area (Å²) in [4.78, 5) is 25.4. The predicted molar refractivity (Wildman–Crippen MR) is 50.3 cm³/mol. The van der Waals surface area contributed by atoms with E-state index in [9.17, 15) is 14.9 Å². The second kappa shape index (κ2) is 4.52. The summed E-state index contributed by atoms with van der Waals surface area (Å²) >= 11 is 5.28. The Morgan fingerprint density at radius 2 is 2.12 bits per heavy atom. The molecule has 0 aliphatic carbocycles. The Morgan fingerprint density at radius 1 is 1.44 bits per heavy atom. The number of hydrogen-bond donors (Lipinski definition) is 0. The van der Waals surface area contributed by atoms with E-state index in [0.29, 0.717) is 6.61 Å². The van der Waals surface area contributed by atoms with Crippen LogP contribution >= 0.6 is 11.6 Å². The van der Waals surface area contributed by atoms with E-state index in [1.807, 2.05) is 0 Å². The van der Waals surface area contributed by atoms with E-state index in [-0.39, 0.29) is 25.0 Å². The van der Waals surface area contributed by atoms with Crippen molar-refractivity contribution in [3.05, 3.63) is 10.1 Å². The zero-order valence-corrected chi connectivity index (χ0v) is 8.96. The van der Waals surface area contributed by atoms with E-state index in [0.717, 1.165) is 0 Å². The summed E-state index contributed by atoms with van der Waals surface area (Å²) in [7, 11) is 0. The molecule has 0 aromatic rings. The summed E-state index contributed by atoms with van der Waals surface area (Å²) in [6, 6.07) is 0. The van der Waals surface area contributed by atoms with Crippen LogP contribution in [0.15, 0.2) is 0 Å². The van der Waals surface area contributed by atoms with Crippen molar-refractivity contribution in [1.82, 2.24) is 0 Å². The number of hydrogen-bond acceptors (Lipinski definition) is 6. The second-order valence-electron chi connectivity index (χ2n) is 3.78. The van der Waals surface area contributed by atoms with Crippen molar-refractivity contribution in [3.63, 3.8) is 0 Å². The van der Waals surface area contributed by atoms with E-state index in [4.69, 9.17) is 21.1 Å². The summed E-state index contributed by atoms with van der Waals surface area (Å²) in [5.41, 5.74) is 0. The molecular formula is C8H10ClNO6. The molecule has 8 heteroatoms. The molecule has 0 unspecified atom stereocenters. The molecule has 2 fully saturated rings. The van der Waals surface area contributed by atoms with Crippen LogP contribution in [0.25, 0.3) is 0 Å². The minimum absolute atomic E-state index is 0.100. The first-order chi connectivity index (χ1) is 7.58. The molecule has 0 aromatic carbocycles. The van der Waals surface area contributed by atoms with Crippen LogP contribution in [0.4, 0.5) is 0 Å². The lowest BCUT2D eigenvalue weighted by atomic mass is 9.98. The lowest BCUT2D eigenvalue weighted by molar-refractivity contribution is -0.769. The third-order valence-electron chi connectivity index (χ3n) is 2.75. The number of halogens is 1. The van der Waals surface area contributed by atoms with Gasteiger partial charge in [0.2, 0.25) is 5.24 Å². The molecule has 0 amide bonds. The zero-order chi connectivity index (χ0) is 11.7. The van der Waals surface area contributed by atoms with Crippen LogP contribution in [0, 0.1) is 16.0 Å². The van der Waals surface area contributed by atoms with E-state index in [2.05, 4.69) is 4.84 Å². The zero-order valence-electron chi connectivity index (χ0n) is 8.21. The first kappa shape index (κ1) is 11.6. The maximum atomic E-state index is 10.8. The second-order valence-corrected chi connectivity index (χ2v) is 4.20. The lowest BCUT2D eigenvalue weighted by Gasteiger charge is -2.14. The van der Waals surface area contributed by atoms with Crippen molar-refractivity contribution >= 4 is 16.8 Å². The van der Waals surface area contributed by atoms with Crippen molar-refractivity contribution in [3.8, 4) is 0 Å². The van der Waals surface area contributed by atoms with Gasteiger partial charge in [0.05, 0.1) is 19.3 Å². The fourth-order valence-corrected chi connectivity index (χ4v) is 2.32. The molecule has 2 aliphatic rings. The highest BCUT2D eigenvalue weighted by atomic mass is 35.5. The standard InChI is InChI=1S/C8H10ClNO6/c9-6(11)1-4-2-14-8-5(16-10(12)13)3-15-7(4)8/h4-5,7-8H,1-3H2/t4-,5+,7+,8+/m0/s1. The highest BCUT2D eigenvalue weighted by Gasteiger charge is 2.49. The van der Waals surface area contributed by atoms with Crippen molar-refractivity contribution in [2.45, 2.75) is 24.7 Å². The van der Waals surface area contributed by atoms with Crippen molar-refractivity contribution in [2.24, 2.45) is 5.92 Å². The van der Waals surface area contributed by atoms with Gasteiger partial charge in [-0.15, -0.1) is 10.1 Å². The summed E-state index contributed by atoms with van der Waals surface area (Å²) in [6.45, 7) is 0.411. The Balaban J connectivity index is 1.95. The van der Waals surface area contributed by atoms with Crippen LogP contribution in [-0.2, 0) is 19.1 Å². The van der Waals surface area contributed by atoms with Crippen LogP contribution in [0.3, 0.4) is 0 Å². The minimum Gasteiger partial charge on any atom is -0.373 e. The number of carbonyl (C=O) groups is 1. The van der Waals surface area contributed by atoms with Gasteiger partial charge in [0.15, 0.2) is 6.10 Å². The van der Waals surface area contributed by atoms with Gasteiger partial charge in [0.25, 0.3) is 5.09 Å². The summed E-state index contributed by atoms with van der Waals surface area (Å²) in [5, 5.41) is 8.88. The summed E-state index contributed by atoms with van der Waals surface area (Å²) in [5.74, 6) is -0.143.